The summed E-state index contributed by atoms with van der Waals surface area (Å²) < 4.78 is 75.1. The zero-order chi connectivity index (χ0) is 26.4. The molecule has 3 aromatic rings. The number of nitrogens with one attached hydrogen (secondary N) is 1. The second kappa shape index (κ2) is 9.41. The molecule has 1 fully saturated rings. The van der Waals surface area contributed by atoms with Gasteiger partial charge in [-0.1, -0.05) is 17.7 Å². The monoisotopic (exact) mass is 529 g/mol. The van der Waals surface area contributed by atoms with Gasteiger partial charge in [0.05, 0.1) is 28.0 Å². The van der Waals surface area contributed by atoms with E-state index < -0.39 is 52.8 Å². The number of para-hydroxylation sites is 1. The normalized spacial score (nSPS) is 14.4. The lowest BCUT2D eigenvalue weighted by Crippen LogP contribution is -2.32. The number of alkyl halides is 3. The molecule has 0 aliphatic heterocycles. The van der Waals surface area contributed by atoms with Gasteiger partial charge in [-0.3, -0.25) is 9.48 Å². The lowest BCUT2D eigenvalue weighted by molar-refractivity contribution is -0.189. The Morgan fingerprint density at radius 1 is 1.19 bits per heavy atom. The molecule has 0 saturated heterocycles. The van der Waals surface area contributed by atoms with Crippen molar-refractivity contribution in [2.24, 2.45) is 0 Å². The number of hydrogen-bond donors (Lipinski definition) is 2. The van der Waals surface area contributed by atoms with Gasteiger partial charge in [0.1, 0.15) is 23.1 Å². The van der Waals surface area contributed by atoms with Crippen LogP contribution >= 0.6 is 11.6 Å². The molecule has 1 heterocycles. The number of hydrogen-bond acceptors (Lipinski definition) is 4. The Hall–Kier alpha value is -3.67. The van der Waals surface area contributed by atoms with Crippen LogP contribution in [0.25, 0.3) is 11.3 Å². The first-order chi connectivity index (χ1) is 16.9. The Balaban J connectivity index is 1.79. The summed E-state index contributed by atoms with van der Waals surface area (Å²) in [5.41, 5.74) is -1.93. The van der Waals surface area contributed by atoms with Crippen molar-refractivity contribution in [1.29, 1.82) is 0 Å². The van der Waals surface area contributed by atoms with Gasteiger partial charge in [0.25, 0.3) is 5.91 Å². The molecule has 36 heavy (non-hydrogen) atoms. The second-order valence-electron chi connectivity index (χ2n) is 8.08. The summed E-state index contributed by atoms with van der Waals surface area (Å²) in [6.45, 7) is 0.683. The van der Waals surface area contributed by atoms with E-state index in [1.165, 1.54) is 16.8 Å². The van der Waals surface area contributed by atoms with E-state index in [0.29, 0.717) is 25.8 Å². The van der Waals surface area contributed by atoms with Gasteiger partial charge in [-0.05, 0) is 50.1 Å². The van der Waals surface area contributed by atoms with Crippen molar-refractivity contribution in [2.75, 3.05) is 5.32 Å². The Bertz CT molecular complexity index is 1330. The van der Waals surface area contributed by atoms with E-state index in [0.717, 1.165) is 18.2 Å². The third-order valence-electron chi connectivity index (χ3n) is 5.40. The molecule has 1 aliphatic rings. The number of anilines is 1. The van der Waals surface area contributed by atoms with E-state index in [-0.39, 0.29) is 28.0 Å². The Labute approximate surface area is 205 Å². The summed E-state index contributed by atoms with van der Waals surface area (Å²) in [6, 6.07) is 5.84. The van der Waals surface area contributed by atoms with Crippen molar-refractivity contribution in [2.45, 2.75) is 38.1 Å². The number of benzene rings is 2. The molecular weight excluding hydrogens is 513 g/mol. The number of halogens is 6. The Morgan fingerprint density at radius 2 is 1.89 bits per heavy atom. The highest BCUT2D eigenvalue weighted by atomic mass is 35.5. The first-order valence-electron chi connectivity index (χ1n) is 10.5. The maximum atomic E-state index is 15.1. The standard InChI is InChI=1S/C23H17ClF5N3O4/c1-10(23(27,28)29)36-19-8-12(17-9-18(22(34)35)32(31-17)11-5-6-11)16(26)7-13(19)21(33)30-20-14(24)3-2-4-15(20)25/h2-4,7-11H,5-6H2,1H3,(H,30,33)(H,34,35). The molecule has 7 nitrogen and oxygen atoms in total. The highest BCUT2D eigenvalue weighted by Crippen LogP contribution is 2.38. The number of amides is 1. The summed E-state index contributed by atoms with van der Waals surface area (Å²) in [6.07, 6.45) is -5.91. The molecule has 1 aromatic heterocycles. The zero-order valence-corrected chi connectivity index (χ0v) is 19.1. The maximum Gasteiger partial charge on any atom is 0.425 e. The molecule has 1 aliphatic carbocycles. The fourth-order valence-corrected chi connectivity index (χ4v) is 3.57. The molecule has 1 saturated carbocycles. The van der Waals surface area contributed by atoms with Crippen LogP contribution < -0.4 is 10.1 Å². The quantitative estimate of drug-likeness (QED) is 0.361. The molecule has 2 aromatic carbocycles. The third kappa shape index (κ3) is 5.13. The van der Waals surface area contributed by atoms with E-state index in [1.807, 2.05) is 0 Å². The molecule has 4 rings (SSSR count). The smallest absolute Gasteiger partial charge is 0.425 e. The van der Waals surface area contributed by atoms with Gasteiger partial charge in [-0.2, -0.15) is 18.3 Å². The summed E-state index contributed by atoms with van der Waals surface area (Å²) in [5, 5.41) is 15.5. The predicted molar refractivity (Wildman–Crippen MR) is 118 cm³/mol. The van der Waals surface area contributed by atoms with Crippen molar-refractivity contribution in [3.63, 3.8) is 0 Å². The van der Waals surface area contributed by atoms with Gasteiger partial charge in [0.15, 0.2) is 6.10 Å². The number of carboxylic acids is 1. The highest BCUT2D eigenvalue weighted by Gasteiger charge is 2.39. The Kier molecular flexibility index (Phi) is 6.65. The van der Waals surface area contributed by atoms with E-state index in [2.05, 4.69) is 10.4 Å². The van der Waals surface area contributed by atoms with Crippen molar-refractivity contribution in [3.8, 4) is 17.0 Å². The predicted octanol–water partition coefficient (Wildman–Crippen LogP) is 6.10. The minimum atomic E-state index is -4.83. The molecule has 1 unspecified atom stereocenters. The van der Waals surface area contributed by atoms with Gasteiger partial charge < -0.3 is 15.2 Å². The summed E-state index contributed by atoms with van der Waals surface area (Å²) in [4.78, 5) is 24.4. The number of aromatic carboxylic acids is 1. The third-order valence-corrected chi connectivity index (χ3v) is 5.72. The van der Waals surface area contributed by atoms with Gasteiger partial charge in [-0.25, -0.2) is 13.6 Å². The molecule has 1 atom stereocenters. The fraction of sp³-hybridized carbons (Fsp3) is 0.261. The van der Waals surface area contributed by atoms with Crippen LogP contribution in [-0.2, 0) is 0 Å². The molecule has 0 spiro atoms. The van der Waals surface area contributed by atoms with Crippen LogP contribution in [0.3, 0.4) is 0 Å². The lowest BCUT2D eigenvalue weighted by atomic mass is 10.1. The average molecular weight is 530 g/mol. The topological polar surface area (TPSA) is 93.4 Å². The first kappa shape index (κ1) is 25.4. The number of carboxylic acid groups (broad SMARTS) is 1. The van der Waals surface area contributed by atoms with Crippen LogP contribution in [0.15, 0.2) is 36.4 Å². The largest absolute Gasteiger partial charge is 0.480 e. The minimum absolute atomic E-state index is 0.176. The van der Waals surface area contributed by atoms with Crippen LogP contribution in [-0.4, -0.2) is 39.0 Å². The van der Waals surface area contributed by atoms with Crippen LogP contribution in [0.5, 0.6) is 5.75 Å². The average Bonchev–Trinajstić information content (AvgIpc) is 3.54. The van der Waals surface area contributed by atoms with Crippen molar-refractivity contribution in [3.05, 3.63) is 64.3 Å². The zero-order valence-electron chi connectivity index (χ0n) is 18.4. The second-order valence-corrected chi connectivity index (χ2v) is 8.48. The fourth-order valence-electron chi connectivity index (χ4n) is 3.36. The van der Waals surface area contributed by atoms with Gasteiger partial charge in [0, 0.05) is 5.56 Å². The van der Waals surface area contributed by atoms with Crippen LogP contribution in [0.2, 0.25) is 5.02 Å². The maximum absolute atomic E-state index is 15.1. The number of nitrogens with zero attached hydrogens (tertiary/aromatic N) is 2. The summed E-state index contributed by atoms with van der Waals surface area (Å²) in [7, 11) is 0. The molecule has 0 radical (unpaired) electrons. The number of carbonyl (C=O) groups excluding carboxylic acids is 1. The molecule has 0 bridgehead atoms. The number of carbonyl (C=O) groups is 2. The lowest BCUT2D eigenvalue weighted by Gasteiger charge is -2.20. The number of rotatable bonds is 7. The van der Waals surface area contributed by atoms with Crippen LogP contribution in [0.1, 0.15) is 46.7 Å². The van der Waals surface area contributed by atoms with Gasteiger partial charge in [-0.15, -0.1) is 0 Å². The van der Waals surface area contributed by atoms with Gasteiger partial charge >= 0.3 is 12.1 Å². The SMILES string of the molecule is CC(Oc1cc(-c2cc(C(=O)O)n(C3CC3)n2)c(F)cc1C(=O)Nc1c(F)cccc1Cl)C(F)(F)F. The summed E-state index contributed by atoms with van der Waals surface area (Å²) in [5.74, 6) is -5.21. The van der Waals surface area contributed by atoms with E-state index >= 15 is 4.39 Å². The first-order valence-corrected chi connectivity index (χ1v) is 10.9. The molecular formula is C23H17ClF5N3O4. The molecule has 1 amide bonds. The van der Waals surface area contributed by atoms with Gasteiger partial charge in [0.2, 0.25) is 0 Å². The molecule has 13 heteroatoms. The molecule has 190 valence electrons. The van der Waals surface area contributed by atoms with Crippen molar-refractivity contribution < 1.29 is 41.4 Å². The van der Waals surface area contributed by atoms with Crippen LogP contribution in [0.4, 0.5) is 27.6 Å². The van der Waals surface area contributed by atoms with E-state index in [4.69, 9.17) is 16.3 Å². The number of aromatic nitrogens is 2. The highest BCUT2D eigenvalue weighted by molar-refractivity contribution is 6.34. The minimum Gasteiger partial charge on any atom is -0.480 e. The van der Waals surface area contributed by atoms with Crippen molar-refractivity contribution >= 4 is 29.2 Å². The van der Waals surface area contributed by atoms with Crippen molar-refractivity contribution in [1.82, 2.24) is 9.78 Å². The Morgan fingerprint density at radius 3 is 2.47 bits per heavy atom. The van der Waals surface area contributed by atoms with E-state index in [9.17, 15) is 32.3 Å². The summed E-state index contributed by atoms with van der Waals surface area (Å²) >= 11 is 5.89. The molecule has 2 N–H and O–H groups in total. The van der Waals surface area contributed by atoms with E-state index in [1.54, 1.807) is 0 Å². The number of ether oxygens (including phenoxy) is 1. The van der Waals surface area contributed by atoms with Crippen LogP contribution in [0, 0.1) is 11.6 Å².